The van der Waals surface area contributed by atoms with Gasteiger partial charge in [0, 0.05) is 10.2 Å². The number of benzene rings is 2. The first-order valence-corrected chi connectivity index (χ1v) is 13.8. The minimum atomic E-state index is -2.02. The summed E-state index contributed by atoms with van der Waals surface area (Å²) in [7, 11) is -2.02. The SMILES string of the molecule is Cc1cccc(C)c1N(C(=O)Cn1c(=O)sc2cc(Br)ccc21)[Si](C)(C)C. The van der Waals surface area contributed by atoms with Crippen LogP contribution >= 0.6 is 27.3 Å². The van der Waals surface area contributed by atoms with Crippen molar-refractivity contribution in [1.82, 2.24) is 4.57 Å². The molecule has 0 unspecified atom stereocenters. The van der Waals surface area contributed by atoms with Gasteiger partial charge in [0.2, 0.25) is 5.91 Å². The highest BCUT2D eigenvalue weighted by Gasteiger charge is 2.32. The van der Waals surface area contributed by atoms with Gasteiger partial charge in [-0.3, -0.25) is 14.2 Å². The standard InChI is InChI=1S/C20H23BrN2O2SSi/c1-13-7-6-8-14(2)19(13)23(27(3,4)5)18(24)12-22-16-10-9-15(21)11-17(16)26-20(22)25/h6-11H,12H2,1-5H3. The number of rotatable bonds is 4. The van der Waals surface area contributed by atoms with Crippen LogP contribution in [0.5, 0.6) is 0 Å². The number of thiazole rings is 1. The van der Waals surface area contributed by atoms with E-state index in [1.807, 2.05) is 54.8 Å². The van der Waals surface area contributed by atoms with Gasteiger partial charge in [0.25, 0.3) is 0 Å². The molecule has 27 heavy (non-hydrogen) atoms. The Kier molecular flexibility index (Phi) is 5.47. The van der Waals surface area contributed by atoms with E-state index >= 15 is 0 Å². The van der Waals surface area contributed by atoms with Gasteiger partial charge in [0.1, 0.15) is 6.54 Å². The molecule has 7 heteroatoms. The Bertz CT molecular complexity index is 1060. The summed E-state index contributed by atoms with van der Waals surface area (Å²) in [4.78, 5) is 25.9. The van der Waals surface area contributed by atoms with Crippen LogP contribution in [0, 0.1) is 13.8 Å². The highest BCUT2D eigenvalue weighted by Crippen LogP contribution is 2.30. The molecule has 1 amide bonds. The van der Waals surface area contributed by atoms with E-state index in [1.165, 1.54) is 11.3 Å². The molecule has 2 aromatic carbocycles. The minimum Gasteiger partial charge on any atom is -0.339 e. The van der Waals surface area contributed by atoms with E-state index in [0.717, 1.165) is 31.5 Å². The summed E-state index contributed by atoms with van der Waals surface area (Å²) in [6.07, 6.45) is 0. The van der Waals surface area contributed by atoms with Crippen LogP contribution < -0.4 is 9.44 Å². The van der Waals surface area contributed by atoms with Gasteiger partial charge in [0.05, 0.1) is 10.2 Å². The Balaban J connectivity index is 2.07. The van der Waals surface area contributed by atoms with E-state index in [1.54, 1.807) is 4.57 Å². The van der Waals surface area contributed by atoms with Crippen molar-refractivity contribution in [3.05, 3.63) is 61.7 Å². The normalized spacial score (nSPS) is 11.8. The number of carbonyl (C=O) groups is 1. The highest BCUT2D eigenvalue weighted by molar-refractivity contribution is 9.10. The summed E-state index contributed by atoms with van der Waals surface area (Å²) in [6.45, 7) is 10.6. The van der Waals surface area contributed by atoms with Crippen LogP contribution in [-0.2, 0) is 11.3 Å². The predicted molar refractivity (Wildman–Crippen MR) is 121 cm³/mol. The molecule has 0 saturated heterocycles. The molecule has 0 N–H and O–H groups in total. The number of nitrogens with zero attached hydrogens (tertiary/aromatic N) is 2. The maximum absolute atomic E-state index is 13.4. The van der Waals surface area contributed by atoms with E-state index in [4.69, 9.17) is 0 Å². The average molecular weight is 463 g/mol. The summed E-state index contributed by atoms with van der Waals surface area (Å²) in [6, 6.07) is 11.8. The maximum atomic E-state index is 13.4. The van der Waals surface area contributed by atoms with Gasteiger partial charge in [-0.05, 0) is 43.2 Å². The second-order valence-corrected chi connectivity index (χ2v) is 14.4. The Morgan fingerprint density at radius 3 is 2.37 bits per heavy atom. The van der Waals surface area contributed by atoms with Crippen LogP contribution in [0.3, 0.4) is 0 Å². The summed E-state index contributed by atoms with van der Waals surface area (Å²) < 4.78 is 5.37. The van der Waals surface area contributed by atoms with Crippen molar-refractivity contribution in [2.45, 2.75) is 40.0 Å². The molecule has 0 aliphatic rings. The highest BCUT2D eigenvalue weighted by atomic mass is 79.9. The predicted octanol–water partition coefficient (Wildman–Crippen LogP) is 5.31. The molecule has 142 valence electrons. The number of anilines is 1. The van der Waals surface area contributed by atoms with Gasteiger partial charge < -0.3 is 4.57 Å². The molecule has 3 aromatic rings. The largest absolute Gasteiger partial charge is 0.339 e. The lowest BCUT2D eigenvalue weighted by Crippen LogP contribution is -2.52. The zero-order valence-electron chi connectivity index (χ0n) is 16.2. The topological polar surface area (TPSA) is 42.3 Å². The van der Waals surface area contributed by atoms with Crippen molar-refractivity contribution < 1.29 is 4.79 Å². The fraction of sp³-hybridized carbons (Fsp3) is 0.300. The summed E-state index contributed by atoms with van der Waals surface area (Å²) in [5.41, 5.74) is 3.95. The van der Waals surface area contributed by atoms with Crippen LogP contribution in [0.25, 0.3) is 10.2 Å². The molecule has 0 saturated carbocycles. The summed E-state index contributed by atoms with van der Waals surface area (Å²) >= 11 is 4.61. The first kappa shape index (κ1) is 20.0. The molecule has 1 aromatic heterocycles. The van der Waals surface area contributed by atoms with E-state index < -0.39 is 8.24 Å². The molecule has 0 spiro atoms. The van der Waals surface area contributed by atoms with E-state index in [2.05, 4.69) is 35.6 Å². The Labute approximate surface area is 172 Å². The number of carbonyl (C=O) groups excluding carboxylic acids is 1. The number of fused-ring (bicyclic) bond motifs is 1. The molecule has 0 aliphatic carbocycles. The van der Waals surface area contributed by atoms with Crippen LogP contribution in [-0.4, -0.2) is 18.7 Å². The second-order valence-electron chi connectivity index (χ2n) is 7.71. The van der Waals surface area contributed by atoms with Gasteiger partial charge in [-0.25, -0.2) is 0 Å². The third-order valence-electron chi connectivity index (χ3n) is 4.51. The van der Waals surface area contributed by atoms with Crippen LogP contribution in [0.15, 0.2) is 45.7 Å². The number of para-hydroxylation sites is 1. The van der Waals surface area contributed by atoms with Crippen molar-refractivity contribution in [2.75, 3.05) is 4.57 Å². The summed E-state index contributed by atoms with van der Waals surface area (Å²) in [5, 5.41) is 0. The van der Waals surface area contributed by atoms with Gasteiger partial charge in [0.15, 0.2) is 8.24 Å². The minimum absolute atomic E-state index is 0.0312. The number of aryl methyl sites for hydroxylation is 2. The summed E-state index contributed by atoms with van der Waals surface area (Å²) in [5.74, 6) is -0.0312. The average Bonchev–Trinajstić information content (AvgIpc) is 2.84. The van der Waals surface area contributed by atoms with Gasteiger partial charge >= 0.3 is 4.87 Å². The first-order valence-electron chi connectivity index (χ1n) is 8.78. The maximum Gasteiger partial charge on any atom is 0.308 e. The van der Waals surface area contributed by atoms with Gasteiger partial charge in [-0.15, -0.1) is 0 Å². The number of aromatic nitrogens is 1. The van der Waals surface area contributed by atoms with Crippen LogP contribution in [0.2, 0.25) is 19.6 Å². The molecular weight excluding hydrogens is 440 g/mol. The van der Waals surface area contributed by atoms with Crippen molar-refractivity contribution in [3.8, 4) is 0 Å². The first-order chi connectivity index (χ1) is 12.6. The number of amides is 1. The quantitative estimate of drug-likeness (QED) is 0.492. The zero-order chi connectivity index (χ0) is 19.9. The number of hydrogen-bond acceptors (Lipinski definition) is 3. The molecule has 0 atom stereocenters. The van der Waals surface area contributed by atoms with Crippen LogP contribution in [0.4, 0.5) is 5.69 Å². The molecule has 0 bridgehead atoms. The van der Waals surface area contributed by atoms with Crippen molar-refractivity contribution in [3.63, 3.8) is 0 Å². The van der Waals surface area contributed by atoms with E-state index in [9.17, 15) is 9.59 Å². The molecule has 3 rings (SSSR count). The van der Waals surface area contributed by atoms with Gasteiger partial charge in [-0.2, -0.15) is 0 Å². The third kappa shape index (κ3) is 3.95. The fourth-order valence-corrected chi connectivity index (χ4v) is 6.67. The van der Waals surface area contributed by atoms with Crippen LogP contribution in [0.1, 0.15) is 11.1 Å². The lowest BCUT2D eigenvalue weighted by molar-refractivity contribution is -0.118. The molecule has 0 aliphatic heterocycles. The fourth-order valence-electron chi connectivity index (χ4n) is 3.39. The Morgan fingerprint density at radius 2 is 1.78 bits per heavy atom. The Hall–Kier alpha value is -1.70. The smallest absolute Gasteiger partial charge is 0.308 e. The molecule has 0 radical (unpaired) electrons. The molecule has 4 nitrogen and oxygen atoms in total. The van der Waals surface area contributed by atoms with Crippen molar-refractivity contribution in [2.24, 2.45) is 0 Å². The number of hydrogen-bond donors (Lipinski definition) is 0. The zero-order valence-corrected chi connectivity index (χ0v) is 19.6. The molecule has 1 heterocycles. The molecular formula is C20H23BrN2O2SSi. The number of halogens is 1. The van der Waals surface area contributed by atoms with E-state index in [0.29, 0.717) is 0 Å². The third-order valence-corrected chi connectivity index (χ3v) is 7.76. The Morgan fingerprint density at radius 1 is 1.15 bits per heavy atom. The lowest BCUT2D eigenvalue weighted by atomic mass is 10.1. The van der Waals surface area contributed by atoms with Crippen molar-refractivity contribution in [1.29, 1.82) is 0 Å². The van der Waals surface area contributed by atoms with Crippen molar-refractivity contribution >= 4 is 57.3 Å². The van der Waals surface area contributed by atoms with E-state index in [-0.39, 0.29) is 17.3 Å². The second kappa shape index (κ2) is 7.37. The monoisotopic (exact) mass is 462 g/mol. The molecule has 0 fully saturated rings. The van der Waals surface area contributed by atoms with Gasteiger partial charge in [-0.1, -0.05) is 65.1 Å². The lowest BCUT2D eigenvalue weighted by Gasteiger charge is -2.36.